The van der Waals surface area contributed by atoms with Crippen LogP contribution in [0, 0.1) is 30.1 Å². The standard InChI is InChI=1S/C22H20N8O2/c1-12-3-13(6-23)5-14(4-12)29-7-15-16(8-29)18(15)20-26-17(32-27-20)9-30-11-25-21-19(22(30)31)28(2)10-24-21/h3-5,10-11,15-16,18H,7-9H2,1-2H3. The molecule has 2 atom stereocenters. The summed E-state index contributed by atoms with van der Waals surface area (Å²) in [5.74, 6) is 2.32. The van der Waals surface area contributed by atoms with Gasteiger partial charge in [-0.15, -0.1) is 0 Å². The van der Waals surface area contributed by atoms with Crippen molar-refractivity contribution in [2.24, 2.45) is 18.9 Å². The third kappa shape index (κ3) is 2.89. The lowest BCUT2D eigenvalue weighted by Gasteiger charge is -2.22. The van der Waals surface area contributed by atoms with Gasteiger partial charge in [0.1, 0.15) is 12.9 Å². The third-order valence-corrected chi connectivity index (χ3v) is 6.54. The van der Waals surface area contributed by atoms with Crippen LogP contribution in [0.25, 0.3) is 11.2 Å². The van der Waals surface area contributed by atoms with E-state index in [4.69, 9.17) is 4.52 Å². The molecule has 2 fully saturated rings. The second-order valence-electron chi connectivity index (χ2n) is 8.68. The molecule has 1 aliphatic heterocycles. The molecule has 160 valence electrons. The van der Waals surface area contributed by atoms with Crippen molar-refractivity contribution in [1.29, 1.82) is 5.26 Å². The van der Waals surface area contributed by atoms with Gasteiger partial charge in [0.15, 0.2) is 17.0 Å². The largest absolute Gasteiger partial charge is 0.371 e. The highest BCUT2D eigenvalue weighted by atomic mass is 16.5. The molecule has 1 aliphatic carbocycles. The van der Waals surface area contributed by atoms with Crippen molar-refractivity contribution < 1.29 is 4.52 Å². The monoisotopic (exact) mass is 428 g/mol. The first kappa shape index (κ1) is 18.7. The van der Waals surface area contributed by atoms with E-state index < -0.39 is 0 Å². The Morgan fingerprint density at radius 3 is 2.75 bits per heavy atom. The number of aromatic nitrogens is 6. The van der Waals surface area contributed by atoms with E-state index in [1.54, 1.807) is 17.9 Å². The first-order valence-corrected chi connectivity index (χ1v) is 10.5. The van der Waals surface area contributed by atoms with Gasteiger partial charge in [-0.2, -0.15) is 10.2 Å². The average Bonchev–Trinajstić information content (AvgIpc) is 3.20. The lowest BCUT2D eigenvalue weighted by Crippen LogP contribution is -2.24. The van der Waals surface area contributed by atoms with E-state index in [9.17, 15) is 10.1 Å². The summed E-state index contributed by atoms with van der Waals surface area (Å²) in [7, 11) is 1.76. The molecule has 2 unspecified atom stereocenters. The normalized spacial score (nSPS) is 21.7. The number of hydrogen-bond donors (Lipinski definition) is 0. The summed E-state index contributed by atoms with van der Waals surface area (Å²) in [6, 6.07) is 8.21. The summed E-state index contributed by atoms with van der Waals surface area (Å²) in [4.78, 5) is 27.9. The fourth-order valence-electron chi connectivity index (χ4n) is 4.93. The maximum Gasteiger partial charge on any atom is 0.280 e. The Balaban J connectivity index is 1.16. The number of fused-ring (bicyclic) bond motifs is 2. The zero-order chi connectivity index (χ0) is 22.0. The van der Waals surface area contributed by atoms with Crippen molar-refractivity contribution in [2.45, 2.75) is 19.4 Å². The maximum absolute atomic E-state index is 12.7. The molecule has 4 heterocycles. The Labute approximate surface area is 182 Å². The molecule has 0 spiro atoms. The lowest BCUT2D eigenvalue weighted by atomic mass is 10.1. The highest BCUT2D eigenvalue weighted by molar-refractivity contribution is 5.68. The van der Waals surface area contributed by atoms with E-state index in [2.05, 4.69) is 37.1 Å². The SMILES string of the molecule is Cc1cc(C#N)cc(N2CC3C(C2)C3c2noc(Cn3cnc4ncn(C)c4c3=O)n2)c1. The van der Waals surface area contributed by atoms with E-state index in [-0.39, 0.29) is 18.0 Å². The van der Waals surface area contributed by atoms with E-state index >= 15 is 0 Å². The molecule has 32 heavy (non-hydrogen) atoms. The van der Waals surface area contributed by atoms with Crippen LogP contribution in [0.2, 0.25) is 0 Å². The van der Waals surface area contributed by atoms with Crippen LogP contribution in [-0.4, -0.2) is 42.3 Å². The Morgan fingerprint density at radius 2 is 1.97 bits per heavy atom. The second-order valence-corrected chi connectivity index (χ2v) is 8.68. The third-order valence-electron chi connectivity index (χ3n) is 6.54. The zero-order valence-corrected chi connectivity index (χ0v) is 17.6. The van der Waals surface area contributed by atoms with Gasteiger partial charge in [-0.05, 0) is 42.5 Å². The van der Waals surface area contributed by atoms with Gasteiger partial charge in [-0.3, -0.25) is 9.36 Å². The molecule has 1 aromatic carbocycles. The van der Waals surface area contributed by atoms with E-state index in [0.717, 1.165) is 24.3 Å². The molecule has 0 N–H and O–H groups in total. The number of piperidine rings is 1. The van der Waals surface area contributed by atoms with Gasteiger partial charge in [0, 0.05) is 31.7 Å². The van der Waals surface area contributed by atoms with Crippen LogP contribution < -0.4 is 10.5 Å². The minimum absolute atomic E-state index is 0.175. The number of benzene rings is 1. The minimum Gasteiger partial charge on any atom is -0.371 e. The van der Waals surface area contributed by atoms with Crippen LogP contribution in [0.5, 0.6) is 0 Å². The van der Waals surface area contributed by atoms with Crippen LogP contribution in [0.15, 0.2) is 40.2 Å². The Kier molecular flexibility index (Phi) is 3.95. The summed E-state index contributed by atoms with van der Waals surface area (Å²) in [5.41, 5.74) is 3.55. The molecular formula is C22H20N8O2. The molecule has 0 radical (unpaired) electrons. The smallest absolute Gasteiger partial charge is 0.280 e. The highest BCUT2D eigenvalue weighted by Gasteiger charge is 2.58. The minimum atomic E-state index is -0.191. The molecule has 1 saturated carbocycles. The highest BCUT2D eigenvalue weighted by Crippen LogP contribution is 2.58. The van der Waals surface area contributed by atoms with Crippen LogP contribution in [-0.2, 0) is 13.6 Å². The van der Waals surface area contributed by atoms with Crippen molar-refractivity contribution >= 4 is 16.9 Å². The summed E-state index contributed by atoms with van der Waals surface area (Å²) < 4.78 is 8.57. The predicted molar refractivity (Wildman–Crippen MR) is 114 cm³/mol. The summed E-state index contributed by atoms with van der Waals surface area (Å²) >= 11 is 0. The molecule has 4 aromatic rings. The van der Waals surface area contributed by atoms with Gasteiger partial charge < -0.3 is 14.0 Å². The summed E-state index contributed by atoms with van der Waals surface area (Å²) in [6.45, 7) is 4.01. The first-order chi connectivity index (χ1) is 15.5. The summed E-state index contributed by atoms with van der Waals surface area (Å²) in [6.07, 6.45) is 3.03. The topological polar surface area (TPSA) is 119 Å². The number of imidazole rings is 1. The van der Waals surface area contributed by atoms with Crippen LogP contribution in [0.4, 0.5) is 5.69 Å². The van der Waals surface area contributed by atoms with E-state index in [1.807, 2.05) is 19.1 Å². The molecule has 0 bridgehead atoms. The fourth-order valence-corrected chi connectivity index (χ4v) is 4.93. The fraction of sp³-hybridized carbons (Fsp3) is 0.364. The number of nitrogens with zero attached hydrogens (tertiary/aromatic N) is 8. The number of rotatable bonds is 4. The molecule has 10 nitrogen and oxygen atoms in total. The van der Waals surface area contributed by atoms with Gasteiger partial charge in [-0.25, -0.2) is 9.97 Å². The predicted octanol–water partition coefficient (Wildman–Crippen LogP) is 1.59. The van der Waals surface area contributed by atoms with Gasteiger partial charge in [0.05, 0.1) is 18.0 Å². The van der Waals surface area contributed by atoms with Gasteiger partial charge in [0.2, 0.25) is 5.89 Å². The quantitative estimate of drug-likeness (QED) is 0.481. The molecule has 3 aromatic heterocycles. The molecular weight excluding hydrogens is 408 g/mol. The summed E-state index contributed by atoms with van der Waals surface area (Å²) in [5, 5.41) is 13.4. The maximum atomic E-state index is 12.7. The van der Waals surface area contributed by atoms with Crippen LogP contribution in [0.3, 0.4) is 0 Å². The molecule has 0 amide bonds. The zero-order valence-electron chi connectivity index (χ0n) is 17.6. The van der Waals surface area contributed by atoms with Crippen LogP contribution in [0.1, 0.15) is 28.8 Å². The first-order valence-electron chi connectivity index (χ1n) is 10.5. The Hall–Kier alpha value is -4.00. The van der Waals surface area contributed by atoms with Gasteiger partial charge in [0.25, 0.3) is 5.56 Å². The number of hydrogen-bond acceptors (Lipinski definition) is 8. The molecule has 2 aliphatic rings. The molecule has 6 rings (SSSR count). The van der Waals surface area contributed by atoms with Crippen molar-refractivity contribution in [3.63, 3.8) is 0 Å². The van der Waals surface area contributed by atoms with Crippen molar-refractivity contribution in [1.82, 2.24) is 29.2 Å². The number of anilines is 1. The number of aryl methyl sites for hydroxylation is 2. The Morgan fingerprint density at radius 1 is 1.19 bits per heavy atom. The lowest BCUT2D eigenvalue weighted by molar-refractivity contribution is 0.363. The molecule has 1 saturated heterocycles. The van der Waals surface area contributed by atoms with E-state index in [1.165, 1.54) is 10.9 Å². The Bertz CT molecular complexity index is 1450. The van der Waals surface area contributed by atoms with Gasteiger partial charge >= 0.3 is 0 Å². The van der Waals surface area contributed by atoms with Crippen molar-refractivity contribution in [3.8, 4) is 6.07 Å². The van der Waals surface area contributed by atoms with Crippen LogP contribution >= 0.6 is 0 Å². The molecule has 10 heteroatoms. The van der Waals surface area contributed by atoms with Crippen molar-refractivity contribution in [2.75, 3.05) is 18.0 Å². The average molecular weight is 428 g/mol. The number of nitriles is 1. The van der Waals surface area contributed by atoms with Gasteiger partial charge in [-0.1, -0.05) is 5.16 Å². The second kappa shape index (κ2) is 6.75. The van der Waals surface area contributed by atoms with Crippen molar-refractivity contribution in [3.05, 3.63) is 64.0 Å². The van der Waals surface area contributed by atoms with E-state index in [0.29, 0.717) is 40.3 Å².